The van der Waals surface area contributed by atoms with Crippen molar-refractivity contribution in [3.63, 3.8) is 0 Å². The van der Waals surface area contributed by atoms with Crippen LogP contribution in [0.3, 0.4) is 0 Å². The van der Waals surface area contributed by atoms with Gasteiger partial charge in [-0.15, -0.1) is 0 Å². The summed E-state index contributed by atoms with van der Waals surface area (Å²) in [5.74, 6) is 0.600. The van der Waals surface area contributed by atoms with Crippen LogP contribution in [0.4, 0.5) is 11.4 Å². The van der Waals surface area contributed by atoms with E-state index in [0.717, 1.165) is 4.31 Å². The molecule has 0 aromatic heterocycles. The summed E-state index contributed by atoms with van der Waals surface area (Å²) in [7, 11) is -2.50. The van der Waals surface area contributed by atoms with E-state index in [9.17, 15) is 13.2 Å². The Morgan fingerprint density at radius 3 is 2.31 bits per heavy atom. The van der Waals surface area contributed by atoms with Gasteiger partial charge in [0, 0.05) is 17.8 Å². The minimum absolute atomic E-state index is 0.0134. The van der Waals surface area contributed by atoms with Crippen LogP contribution in [0.1, 0.15) is 13.8 Å². The van der Waals surface area contributed by atoms with Gasteiger partial charge in [-0.25, -0.2) is 8.42 Å². The van der Waals surface area contributed by atoms with Crippen molar-refractivity contribution in [2.45, 2.75) is 24.8 Å². The van der Waals surface area contributed by atoms with Crippen molar-refractivity contribution in [2.75, 3.05) is 23.3 Å². The molecule has 0 atom stereocenters. The van der Waals surface area contributed by atoms with E-state index in [1.165, 1.54) is 19.2 Å². The summed E-state index contributed by atoms with van der Waals surface area (Å²) in [5, 5.41) is 2.75. The average molecular weight is 455 g/mol. The highest BCUT2D eigenvalue weighted by Crippen LogP contribution is 2.27. The molecule has 0 unspecified atom stereocenters. The summed E-state index contributed by atoms with van der Waals surface area (Å²) in [6.45, 7) is 3.40. The third-order valence-electron chi connectivity index (χ3n) is 4.45. The molecule has 0 aliphatic heterocycles. The van der Waals surface area contributed by atoms with Gasteiger partial charge in [0.2, 0.25) is 5.91 Å². The van der Waals surface area contributed by atoms with Crippen LogP contribution < -0.4 is 19.1 Å². The number of nitrogens with zero attached hydrogens (tertiary/aromatic N) is 1. The van der Waals surface area contributed by atoms with Gasteiger partial charge >= 0.3 is 0 Å². The van der Waals surface area contributed by atoms with Crippen LogP contribution in [0.15, 0.2) is 83.8 Å². The maximum Gasteiger partial charge on any atom is 0.264 e. The minimum atomic E-state index is -4.00. The van der Waals surface area contributed by atoms with Crippen LogP contribution in [0.2, 0.25) is 0 Å². The second-order valence-electron chi connectivity index (χ2n) is 7.27. The van der Waals surface area contributed by atoms with Gasteiger partial charge in [-0.1, -0.05) is 30.3 Å². The first-order chi connectivity index (χ1) is 15.3. The summed E-state index contributed by atoms with van der Waals surface area (Å²) in [5.41, 5.74) is 0.830. The maximum absolute atomic E-state index is 13.4. The SMILES string of the molecule is COc1cccc(N(CC(=O)Nc2cccc(OC(C)C)c2)S(=O)(=O)c2ccccc2)c1. The summed E-state index contributed by atoms with van der Waals surface area (Å²) in [6.07, 6.45) is -0.0134. The van der Waals surface area contributed by atoms with E-state index in [-0.39, 0.29) is 11.0 Å². The van der Waals surface area contributed by atoms with Crippen molar-refractivity contribution in [3.05, 3.63) is 78.9 Å². The number of hydrogen-bond acceptors (Lipinski definition) is 5. The van der Waals surface area contributed by atoms with E-state index < -0.39 is 22.5 Å². The van der Waals surface area contributed by atoms with E-state index in [1.54, 1.807) is 66.7 Å². The number of carbonyl (C=O) groups excluding carboxylic acids is 1. The van der Waals surface area contributed by atoms with Crippen LogP contribution in [-0.2, 0) is 14.8 Å². The first-order valence-electron chi connectivity index (χ1n) is 10.1. The van der Waals surface area contributed by atoms with Crippen LogP contribution >= 0.6 is 0 Å². The number of benzene rings is 3. The molecule has 3 aromatic rings. The number of anilines is 2. The molecule has 168 valence electrons. The van der Waals surface area contributed by atoms with E-state index >= 15 is 0 Å². The van der Waals surface area contributed by atoms with Crippen molar-refractivity contribution < 1.29 is 22.7 Å². The van der Waals surface area contributed by atoms with Crippen molar-refractivity contribution in [1.82, 2.24) is 0 Å². The van der Waals surface area contributed by atoms with Gasteiger partial charge in [0.1, 0.15) is 18.0 Å². The molecule has 0 heterocycles. The Balaban J connectivity index is 1.90. The van der Waals surface area contributed by atoms with Crippen molar-refractivity contribution in [3.8, 4) is 11.5 Å². The van der Waals surface area contributed by atoms with Gasteiger partial charge in [-0.3, -0.25) is 9.10 Å². The quantitative estimate of drug-likeness (QED) is 0.521. The Bertz CT molecular complexity index is 1160. The Labute approximate surface area is 188 Å². The van der Waals surface area contributed by atoms with Crippen LogP contribution in [0.25, 0.3) is 0 Å². The zero-order chi connectivity index (χ0) is 23.1. The number of sulfonamides is 1. The minimum Gasteiger partial charge on any atom is -0.497 e. The normalized spacial score (nSPS) is 11.1. The predicted octanol–water partition coefficient (Wildman–Crippen LogP) is 4.32. The molecular weight excluding hydrogens is 428 g/mol. The Hall–Kier alpha value is -3.52. The van der Waals surface area contributed by atoms with Gasteiger partial charge in [0.05, 0.1) is 23.8 Å². The first-order valence-corrected chi connectivity index (χ1v) is 11.5. The van der Waals surface area contributed by atoms with Crippen molar-refractivity contribution >= 4 is 27.3 Å². The average Bonchev–Trinajstić information content (AvgIpc) is 2.78. The summed E-state index contributed by atoms with van der Waals surface area (Å²) in [6, 6.07) is 21.5. The Morgan fingerprint density at radius 1 is 0.938 bits per heavy atom. The lowest BCUT2D eigenvalue weighted by Gasteiger charge is -2.24. The van der Waals surface area contributed by atoms with Gasteiger partial charge < -0.3 is 14.8 Å². The first kappa shape index (κ1) is 23.1. The molecular formula is C24H26N2O5S. The van der Waals surface area contributed by atoms with E-state index in [4.69, 9.17) is 9.47 Å². The molecule has 1 N–H and O–H groups in total. The lowest BCUT2D eigenvalue weighted by molar-refractivity contribution is -0.114. The lowest BCUT2D eigenvalue weighted by atomic mass is 10.3. The van der Waals surface area contributed by atoms with Crippen molar-refractivity contribution in [1.29, 1.82) is 0 Å². The van der Waals surface area contributed by atoms with E-state index in [1.807, 2.05) is 13.8 Å². The van der Waals surface area contributed by atoms with Gasteiger partial charge in [0.15, 0.2) is 0 Å². The molecule has 0 saturated carbocycles. The molecule has 0 saturated heterocycles. The molecule has 0 radical (unpaired) electrons. The van der Waals surface area contributed by atoms with Crippen LogP contribution in [0, 0.1) is 0 Å². The van der Waals surface area contributed by atoms with Crippen molar-refractivity contribution in [2.24, 2.45) is 0 Å². The number of nitrogens with one attached hydrogen (secondary N) is 1. The largest absolute Gasteiger partial charge is 0.497 e. The molecule has 8 heteroatoms. The summed E-state index contributed by atoms with van der Waals surface area (Å²) in [4.78, 5) is 13.0. The third-order valence-corrected chi connectivity index (χ3v) is 6.24. The smallest absolute Gasteiger partial charge is 0.264 e. The number of ether oxygens (including phenoxy) is 2. The standard InChI is InChI=1S/C24H26N2O5S/c1-18(2)31-22-12-7-9-19(15-22)25-24(27)17-26(20-10-8-11-21(16-20)30-3)32(28,29)23-13-5-4-6-14-23/h4-16,18H,17H2,1-3H3,(H,25,27). The number of amides is 1. The number of methoxy groups -OCH3 is 1. The molecule has 3 rings (SSSR count). The second kappa shape index (κ2) is 10.2. The zero-order valence-electron chi connectivity index (χ0n) is 18.2. The number of carbonyl (C=O) groups is 1. The molecule has 0 spiro atoms. The topological polar surface area (TPSA) is 84.9 Å². The Kier molecular flexibility index (Phi) is 7.37. The third kappa shape index (κ3) is 5.79. The highest BCUT2D eigenvalue weighted by atomic mass is 32.2. The fourth-order valence-electron chi connectivity index (χ4n) is 3.05. The fourth-order valence-corrected chi connectivity index (χ4v) is 4.48. The highest BCUT2D eigenvalue weighted by molar-refractivity contribution is 7.92. The zero-order valence-corrected chi connectivity index (χ0v) is 19.0. The molecule has 0 fully saturated rings. The van der Waals surface area contributed by atoms with Crippen LogP contribution in [-0.4, -0.2) is 34.1 Å². The van der Waals surface area contributed by atoms with Gasteiger partial charge in [-0.05, 0) is 50.2 Å². The monoisotopic (exact) mass is 454 g/mol. The van der Waals surface area contributed by atoms with E-state index in [0.29, 0.717) is 22.9 Å². The summed E-state index contributed by atoms with van der Waals surface area (Å²) >= 11 is 0. The molecule has 32 heavy (non-hydrogen) atoms. The molecule has 0 aliphatic rings. The van der Waals surface area contributed by atoms with E-state index in [2.05, 4.69) is 5.32 Å². The number of hydrogen-bond donors (Lipinski definition) is 1. The Morgan fingerprint density at radius 2 is 1.62 bits per heavy atom. The molecule has 7 nitrogen and oxygen atoms in total. The van der Waals surface area contributed by atoms with Gasteiger partial charge in [-0.2, -0.15) is 0 Å². The highest BCUT2D eigenvalue weighted by Gasteiger charge is 2.27. The fraction of sp³-hybridized carbons (Fsp3) is 0.208. The molecule has 1 amide bonds. The maximum atomic E-state index is 13.4. The predicted molar refractivity (Wildman–Crippen MR) is 125 cm³/mol. The van der Waals surface area contributed by atoms with Crippen LogP contribution in [0.5, 0.6) is 11.5 Å². The van der Waals surface area contributed by atoms with Gasteiger partial charge in [0.25, 0.3) is 10.0 Å². The summed E-state index contributed by atoms with van der Waals surface area (Å²) < 4.78 is 38.7. The number of rotatable bonds is 9. The molecule has 0 aliphatic carbocycles. The second-order valence-corrected chi connectivity index (χ2v) is 9.13. The lowest BCUT2D eigenvalue weighted by Crippen LogP contribution is -2.38. The molecule has 0 bridgehead atoms. The molecule has 3 aromatic carbocycles.